The van der Waals surface area contributed by atoms with Gasteiger partial charge in [-0.2, -0.15) is 10.4 Å². The van der Waals surface area contributed by atoms with Crippen molar-refractivity contribution in [2.45, 2.75) is 44.1 Å². The Hall–Kier alpha value is -2.17. The minimum Gasteiger partial charge on any atom is -0.375 e. The second-order valence-electron chi connectivity index (χ2n) is 8.52. The number of nitrogens with two attached hydrogens (primary N) is 1. The molecule has 4 N–H and O–H groups in total. The molecule has 0 unspecified atom stereocenters. The number of thiocarbonyl (C=S) groups is 1. The molecule has 6 nitrogen and oxygen atoms in total. The first-order valence-electron chi connectivity index (χ1n) is 10.0. The summed E-state index contributed by atoms with van der Waals surface area (Å²) in [6.07, 6.45) is 6.11. The van der Waals surface area contributed by atoms with E-state index < -0.39 is 5.92 Å². The average Bonchev–Trinajstić information content (AvgIpc) is 2.68. The summed E-state index contributed by atoms with van der Waals surface area (Å²) in [5, 5.41) is 17.6. The maximum absolute atomic E-state index is 13.2. The van der Waals surface area contributed by atoms with Crippen molar-refractivity contribution in [1.29, 1.82) is 5.26 Å². The summed E-state index contributed by atoms with van der Waals surface area (Å²) < 4.78 is 0. The molecule has 0 saturated heterocycles. The third-order valence-electron chi connectivity index (χ3n) is 6.65. The van der Waals surface area contributed by atoms with E-state index in [9.17, 15) is 10.1 Å². The molecule has 1 aromatic rings. The fourth-order valence-electron chi connectivity index (χ4n) is 5.70. The van der Waals surface area contributed by atoms with E-state index in [1.165, 1.54) is 32.1 Å². The highest BCUT2D eigenvalue weighted by Crippen LogP contribution is 2.53. The number of hydrogen-bond donors (Lipinski definition) is 3. The molecule has 4 saturated carbocycles. The van der Waals surface area contributed by atoms with Crippen LogP contribution in [0.15, 0.2) is 29.4 Å². The van der Waals surface area contributed by atoms with Crippen LogP contribution in [0.25, 0.3) is 0 Å². The van der Waals surface area contributed by atoms with Crippen molar-refractivity contribution >= 4 is 40.6 Å². The number of nitrogens with zero attached hydrogens (tertiary/aromatic N) is 2. The summed E-state index contributed by atoms with van der Waals surface area (Å²) in [5.74, 6) is 1.48. The van der Waals surface area contributed by atoms with Crippen LogP contribution in [0.4, 0.5) is 0 Å². The highest BCUT2D eigenvalue weighted by molar-refractivity contribution is 7.80. The Morgan fingerprint density at radius 2 is 1.76 bits per heavy atom. The molecular weight excluding hydrogens is 406 g/mol. The van der Waals surface area contributed by atoms with E-state index in [2.05, 4.69) is 21.9 Å². The molecule has 29 heavy (non-hydrogen) atoms. The highest BCUT2D eigenvalue weighted by Gasteiger charge is 2.49. The van der Waals surface area contributed by atoms with Gasteiger partial charge < -0.3 is 11.1 Å². The van der Waals surface area contributed by atoms with Gasteiger partial charge in [-0.3, -0.25) is 10.2 Å². The van der Waals surface area contributed by atoms with Gasteiger partial charge in [0.1, 0.15) is 11.6 Å². The van der Waals surface area contributed by atoms with Crippen LogP contribution in [0.1, 0.15) is 43.6 Å². The minimum atomic E-state index is -0.856. The van der Waals surface area contributed by atoms with Crippen molar-refractivity contribution in [2.24, 2.45) is 34.5 Å². The lowest BCUT2D eigenvalue weighted by atomic mass is 9.54. The van der Waals surface area contributed by atoms with E-state index in [0.29, 0.717) is 22.4 Å². The molecular formula is C21H24ClN5OS. The monoisotopic (exact) mass is 429 g/mol. The van der Waals surface area contributed by atoms with Gasteiger partial charge >= 0.3 is 0 Å². The van der Waals surface area contributed by atoms with Gasteiger partial charge in [-0.1, -0.05) is 23.7 Å². The third-order valence-corrected chi connectivity index (χ3v) is 6.99. The number of nitrogens with one attached hydrogen (secondary N) is 2. The Kier molecular flexibility index (Phi) is 5.75. The van der Waals surface area contributed by atoms with E-state index in [-0.39, 0.29) is 22.8 Å². The van der Waals surface area contributed by atoms with Crippen molar-refractivity contribution in [3.05, 3.63) is 34.9 Å². The van der Waals surface area contributed by atoms with Gasteiger partial charge in [-0.05, 0) is 85.7 Å². The molecule has 4 aliphatic carbocycles. The fourth-order valence-corrected chi connectivity index (χ4v) is 5.87. The second kappa shape index (κ2) is 8.29. The highest BCUT2D eigenvalue weighted by atomic mass is 35.5. The summed E-state index contributed by atoms with van der Waals surface area (Å²) in [4.78, 5) is 13.2. The van der Waals surface area contributed by atoms with E-state index in [0.717, 1.165) is 11.8 Å². The third kappa shape index (κ3) is 4.24. The summed E-state index contributed by atoms with van der Waals surface area (Å²) in [5.41, 5.74) is 8.69. The lowest BCUT2D eigenvalue weighted by Crippen LogP contribution is -2.57. The summed E-state index contributed by atoms with van der Waals surface area (Å²) in [6, 6.07) is 9.16. The van der Waals surface area contributed by atoms with Gasteiger partial charge in [0.15, 0.2) is 5.11 Å². The van der Waals surface area contributed by atoms with Crippen molar-refractivity contribution < 1.29 is 4.79 Å². The van der Waals surface area contributed by atoms with Crippen molar-refractivity contribution in [2.75, 3.05) is 0 Å². The number of rotatable bonds is 5. The number of carbonyl (C=O) groups excluding carboxylic acids is 1. The normalized spacial score (nSPS) is 31.0. The largest absolute Gasteiger partial charge is 0.375 e. The Labute approximate surface area is 180 Å². The van der Waals surface area contributed by atoms with Gasteiger partial charge in [0.25, 0.3) is 5.91 Å². The summed E-state index contributed by atoms with van der Waals surface area (Å²) in [7, 11) is 0. The van der Waals surface area contributed by atoms with E-state index in [4.69, 9.17) is 29.6 Å². The number of hydrazone groups is 1. The van der Waals surface area contributed by atoms with Crippen LogP contribution in [0.5, 0.6) is 0 Å². The molecule has 0 aliphatic heterocycles. The van der Waals surface area contributed by atoms with Gasteiger partial charge in [0.2, 0.25) is 0 Å². The van der Waals surface area contributed by atoms with Crippen LogP contribution < -0.4 is 16.5 Å². The Morgan fingerprint density at radius 1 is 1.17 bits per heavy atom. The first-order valence-corrected chi connectivity index (χ1v) is 10.8. The Balaban J connectivity index is 1.57. The average molecular weight is 430 g/mol. The van der Waals surface area contributed by atoms with E-state index >= 15 is 0 Å². The molecule has 5 rings (SSSR count). The summed E-state index contributed by atoms with van der Waals surface area (Å²) >= 11 is 10.8. The quantitative estimate of drug-likeness (QED) is 0.379. The molecule has 4 aliphatic rings. The van der Waals surface area contributed by atoms with Gasteiger partial charge in [-0.15, -0.1) is 0 Å². The number of halogens is 1. The number of nitriles is 1. The molecule has 4 bridgehead atoms. The van der Waals surface area contributed by atoms with E-state index in [1.807, 2.05) is 0 Å². The zero-order valence-corrected chi connectivity index (χ0v) is 17.5. The number of benzene rings is 1. The minimum absolute atomic E-state index is 0.0577. The fraction of sp³-hybridized carbons (Fsp3) is 0.524. The van der Waals surface area contributed by atoms with Crippen LogP contribution in [-0.4, -0.2) is 22.8 Å². The van der Waals surface area contributed by atoms with E-state index in [1.54, 1.807) is 24.3 Å². The molecule has 0 radical (unpaired) electrons. The lowest BCUT2D eigenvalue weighted by molar-refractivity contribution is -0.118. The molecule has 8 heteroatoms. The smallest absolute Gasteiger partial charge is 0.269 e. The van der Waals surface area contributed by atoms with Gasteiger partial charge in [0.05, 0.1) is 6.07 Å². The first kappa shape index (κ1) is 20.1. The maximum Gasteiger partial charge on any atom is 0.269 e. The molecule has 152 valence electrons. The zero-order valence-electron chi connectivity index (χ0n) is 16.0. The van der Waals surface area contributed by atoms with Gasteiger partial charge in [-0.25, -0.2) is 0 Å². The zero-order chi connectivity index (χ0) is 20.5. The molecule has 1 atom stereocenters. The van der Waals surface area contributed by atoms with Crippen molar-refractivity contribution in [1.82, 2.24) is 10.7 Å². The molecule has 1 aromatic carbocycles. The standard InChI is InChI=1S/C21H24ClN5OS/c22-16-3-1-13(2-4-16)17(10-23)19(26-27-21(24)29)20(28)25-18-14-6-11-5-12(8-14)9-15(18)7-11/h1-4,11-12,14-15,17-18H,5-9H2,(H,25,28)(H3,24,27,29)/b26-19+/t11?,12?,14?,15?,17-,18?/m1/s1. The molecule has 4 fully saturated rings. The van der Waals surface area contributed by atoms with Crippen molar-refractivity contribution in [3.63, 3.8) is 0 Å². The number of carbonyl (C=O) groups is 1. The lowest BCUT2D eigenvalue weighted by Gasteiger charge is -2.54. The first-order chi connectivity index (χ1) is 13.9. The topological polar surface area (TPSA) is 103 Å². The van der Waals surface area contributed by atoms with Gasteiger partial charge in [0, 0.05) is 11.1 Å². The number of hydrogen-bond acceptors (Lipinski definition) is 4. The second-order valence-corrected chi connectivity index (χ2v) is 9.39. The molecule has 0 aromatic heterocycles. The van der Waals surface area contributed by atoms with Crippen LogP contribution >= 0.6 is 23.8 Å². The predicted octanol–water partition coefficient (Wildman–Crippen LogP) is 3.08. The van der Waals surface area contributed by atoms with Crippen LogP contribution in [0, 0.1) is 35.0 Å². The van der Waals surface area contributed by atoms with Crippen molar-refractivity contribution in [3.8, 4) is 6.07 Å². The maximum atomic E-state index is 13.2. The number of amides is 1. The van der Waals surface area contributed by atoms with Crippen LogP contribution in [0.2, 0.25) is 5.02 Å². The Morgan fingerprint density at radius 3 is 2.28 bits per heavy atom. The predicted molar refractivity (Wildman–Crippen MR) is 116 cm³/mol. The van der Waals surface area contributed by atoms with Crippen LogP contribution in [0.3, 0.4) is 0 Å². The molecule has 1 amide bonds. The SMILES string of the molecule is N#C[C@@H](/C(=N\NC(N)=S)C(=O)NC1C2CC3CC(C2)CC1C3)c1ccc(Cl)cc1. The Bertz CT molecular complexity index is 850. The molecule has 0 heterocycles. The molecule has 0 spiro atoms. The summed E-state index contributed by atoms with van der Waals surface area (Å²) in [6.45, 7) is 0. The van der Waals surface area contributed by atoms with Crippen LogP contribution in [-0.2, 0) is 4.79 Å².